The van der Waals surface area contributed by atoms with Crippen molar-refractivity contribution in [2.24, 2.45) is 0 Å². The molecule has 0 amide bonds. The molecule has 108 valence electrons. The van der Waals surface area contributed by atoms with Gasteiger partial charge in [0.15, 0.2) is 0 Å². The second-order valence-corrected chi connectivity index (χ2v) is 6.58. The average molecular weight is 402 g/mol. The lowest BCUT2D eigenvalue weighted by Gasteiger charge is -2.21. The van der Waals surface area contributed by atoms with Gasteiger partial charge >= 0.3 is 0 Å². The van der Waals surface area contributed by atoms with E-state index in [0.29, 0.717) is 6.04 Å². The molecule has 1 unspecified atom stereocenters. The summed E-state index contributed by atoms with van der Waals surface area (Å²) in [5.74, 6) is 0. The maximum atomic E-state index is 4.52. The second kappa shape index (κ2) is 6.83. The zero-order chi connectivity index (χ0) is 14.7. The number of nitrogens with zero attached hydrogens (tertiary/aromatic N) is 3. The third-order valence-electron chi connectivity index (χ3n) is 3.00. The van der Waals surface area contributed by atoms with Crippen LogP contribution in [0.5, 0.6) is 0 Å². The molecule has 2 rings (SSSR count). The van der Waals surface area contributed by atoms with Crippen LogP contribution in [0.2, 0.25) is 0 Å². The van der Waals surface area contributed by atoms with Crippen molar-refractivity contribution >= 4 is 31.9 Å². The van der Waals surface area contributed by atoms with Crippen LogP contribution in [0.3, 0.4) is 0 Å². The first kappa shape index (κ1) is 15.7. The molecule has 1 atom stereocenters. The molecule has 0 aliphatic rings. The van der Waals surface area contributed by atoms with Crippen molar-refractivity contribution in [1.29, 1.82) is 0 Å². The van der Waals surface area contributed by atoms with Crippen LogP contribution in [0.4, 0.5) is 0 Å². The standard InChI is InChI=1S/C14H18Br2N4/c1-4-17-13(12-6-5-10(15)7-18-12)14-11(16)8-19-20(14)9(2)3/h5-9,13,17H,4H2,1-3H3. The topological polar surface area (TPSA) is 42.7 Å². The normalized spacial score (nSPS) is 12.9. The van der Waals surface area contributed by atoms with Gasteiger partial charge < -0.3 is 5.32 Å². The van der Waals surface area contributed by atoms with Crippen LogP contribution in [0.25, 0.3) is 0 Å². The fourth-order valence-corrected chi connectivity index (χ4v) is 2.87. The first-order valence-electron chi connectivity index (χ1n) is 6.62. The summed E-state index contributed by atoms with van der Waals surface area (Å²) >= 11 is 7.03. The van der Waals surface area contributed by atoms with E-state index in [9.17, 15) is 0 Å². The van der Waals surface area contributed by atoms with E-state index in [4.69, 9.17) is 0 Å². The third-order valence-corrected chi connectivity index (χ3v) is 4.08. The third kappa shape index (κ3) is 3.30. The highest BCUT2D eigenvalue weighted by molar-refractivity contribution is 9.10. The summed E-state index contributed by atoms with van der Waals surface area (Å²) in [5.41, 5.74) is 2.09. The molecule has 0 aliphatic heterocycles. The first-order valence-corrected chi connectivity index (χ1v) is 8.21. The van der Waals surface area contributed by atoms with Gasteiger partial charge in [-0.3, -0.25) is 9.67 Å². The highest BCUT2D eigenvalue weighted by Crippen LogP contribution is 2.30. The van der Waals surface area contributed by atoms with Gasteiger partial charge in [-0.25, -0.2) is 0 Å². The molecule has 2 aromatic rings. The Hall–Kier alpha value is -0.720. The van der Waals surface area contributed by atoms with E-state index in [-0.39, 0.29) is 6.04 Å². The van der Waals surface area contributed by atoms with Gasteiger partial charge in [0.25, 0.3) is 0 Å². The van der Waals surface area contributed by atoms with E-state index in [2.05, 4.69) is 68.0 Å². The van der Waals surface area contributed by atoms with Crippen molar-refractivity contribution in [2.45, 2.75) is 32.9 Å². The summed E-state index contributed by atoms with van der Waals surface area (Å²) in [4.78, 5) is 4.52. The maximum Gasteiger partial charge on any atom is 0.0933 e. The Labute approximate surface area is 136 Å². The van der Waals surface area contributed by atoms with Crippen molar-refractivity contribution in [2.75, 3.05) is 6.54 Å². The maximum absolute atomic E-state index is 4.52. The molecular weight excluding hydrogens is 384 g/mol. The molecule has 6 heteroatoms. The zero-order valence-electron chi connectivity index (χ0n) is 11.8. The number of hydrogen-bond donors (Lipinski definition) is 1. The molecule has 0 saturated carbocycles. The number of aromatic nitrogens is 3. The Morgan fingerprint density at radius 3 is 2.55 bits per heavy atom. The van der Waals surface area contributed by atoms with Crippen molar-refractivity contribution in [3.05, 3.63) is 44.9 Å². The number of hydrogen-bond acceptors (Lipinski definition) is 3. The van der Waals surface area contributed by atoms with Crippen molar-refractivity contribution in [3.8, 4) is 0 Å². The largest absolute Gasteiger partial charge is 0.304 e. The van der Waals surface area contributed by atoms with Crippen LogP contribution < -0.4 is 5.32 Å². The van der Waals surface area contributed by atoms with Crippen molar-refractivity contribution < 1.29 is 0 Å². The molecule has 1 N–H and O–H groups in total. The lowest BCUT2D eigenvalue weighted by atomic mass is 10.1. The molecule has 0 radical (unpaired) electrons. The van der Waals surface area contributed by atoms with E-state index in [1.165, 1.54) is 0 Å². The average Bonchev–Trinajstić information content (AvgIpc) is 2.79. The van der Waals surface area contributed by atoms with Crippen molar-refractivity contribution in [3.63, 3.8) is 0 Å². The zero-order valence-corrected chi connectivity index (χ0v) is 14.9. The predicted octanol–water partition coefficient (Wildman–Crippen LogP) is 4.08. The minimum absolute atomic E-state index is 0.0207. The Balaban J connectivity index is 2.48. The molecular formula is C14H18Br2N4. The van der Waals surface area contributed by atoms with E-state index in [0.717, 1.165) is 26.9 Å². The molecule has 4 nitrogen and oxygen atoms in total. The fraction of sp³-hybridized carbons (Fsp3) is 0.429. The Kier molecular flexibility index (Phi) is 5.35. The van der Waals surface area contributed by atoms with Gasteiger partial charge in [-0.05, 0) is 64.4 Å². The van der Waals surface area contributed by atoms with Crippen LogP contribution in [0, 0.1) is 0 Å². The van der Waals surface area contributed by atoms with Gasteiger partial charge in [-0.15, -0.1) is 0 Å². The lowest BCUT2D eigenvalue weighted by Crippen LogP contribution is -2.26. The van der Waals surface area contributed by atoms with Crippen LogP contribution >= 0.6 is 31.9 Å². The summed E-state index contributed by atoms with van der Waals surface area (Å²) in [6, 6.07) is 4.36. The van der Waals surface area contributed by atoms with Crippen LogP contribution in [0.15, 0.2) is 33.5 Å². The molecule has 0 bridgehead atoms. The number of halogens is 2. The fourth-order valence-electron chi connectivity index (χ4n) is 2.14. The second-order valence-electron chi connectivity index (χ2n) is 4.81. The Bertz CT molecular complexity index is 563. The van der Waals surface area contributed by atoms with Crippen LogP contribution in [-0.4, -0.2) is 21.3 Å². The number of pyridine rings is 1. The van der Waals surface area contributed by atoms with Gasteiger partial charge in [-0.2, -0.15) is 5.10 Å². The number of nitrogens with one attached hydrogen (secondary N) is 1. The van der Waals surface area contributed by atoms with E-state index >= 15 is 0 Å². The molecule has 20 heavy (non-hydrogen) atoms. The van der Waals surface area contributed by atoms with Crippen molar-refractivity contribution in [1.82, 2.24) is 20.1 Å². The van der Waals surface area contributed by atoms with E-state index in [1.807, 2.05) is 29.2 Å². The van der Waals surface area contributed by atoms with Gasteiger partial charge in [0.1, 0.15) is 0 Å². The highest BCUT2D eigenvalue weighted by Gasteiger charge is 2.23. The first-order chi connectivity index (χ1) is 9.54. The van der Waals surface area contributed by atoms with E-state index in [1.54, 1.807) is 0 Å². The summed E-state index contributed by atoms with van der Waals surface area (Å²) in [6.07, 6.45) is 3.67. The van der Waals surface area contributed by atoms with Gasteiger partial charge in [0.05, 0.1) is 28.1 Å². The minimum atomic E-state index is 0.0207. The van der Waals surface area contributed by atoms with Gasteiger partial charge in [0.2, 0.25) is 0 Å². The Morgan fingerprint density at radius 1 is 1.25 bits per heavy atom. The molecule has 2 heterocycles. The monoisotopic (exact) mass is 400 g/mol. The molecule has 2 aromatic heterocycles. The van der Waals surface area contributed by atoms with Crippen LogP contribution in [-0.2, 0) is 0 Å². The molecule has 0 saturated heterocycles. The molecule has 0 spiro atoms. The SMILES string of the molecule is CCNC(c1ccc(Br)cn1)c1c(Br)cnn1C(C)C. The summed E-state index contributed by atoms with van der Waals surface area (Å²) in [5, 5.41) is 7.94. The smallest absolute Gasteiger partial charge is 0.0933 e. The van der Waals surface area contributed by atoms with Gasteiger partial charge in [-0.1, -0.05) is 6.92 Å². The molecule has 0 aliphatic carbocycles. The minimum Gasteiger partial charge on any atom is -0.304 e. The summed E-state index contributed by atoms with van der Waals surface area (Å²) < 4.78 is 4.01. The number of rotatable bonds is 5. The molecule has 0 aromatic carbocycles. The predicted molar refractivity (Wildman–Crippen MR) is 87.8 cm³/mol. The lowest BCUT2D eigenvalue weighted by molar-refractivity contribution is 0.471. The van der Waals surface area contributed by atoms with E-state index < -0.39 is 0 Å². The quantitative estimate of drug-likeness (QED) is 0.820. The summed E-state index contributed by atoms with van der Waals surface area (Å²) in [6.45, 7) is 7.20. The highest BCUT2D eigenvalue weighted by atomic mass is 79.9. The Morgan fingerprint density at radius 2 is 2.00 bits per heavy atom. The van der Waals surface area contributed by atoms with Gasteiger partial charge in [0, 0.05) is 16.7 Å². The van der Waals surface area contributed by atoms with Crippen LogP contribution in [0.1, 0.15) is 44.2 Å². The molecule has 0 fully saturated rings. The summed E-state index contributed by atoms with van der Waals surface area (Å²) in [7, 11) is 0.